The Kier molecular flexibility index (Phi) is 8.23. The Morgan fingerprint density at radius 1 is 0.321 bits per heavy atom. The van der Waals surface area contributed by atoms with E-state index < -0.39 is 0 Å². The maximum atomic E-state index is 2.47. The van der Waals surface area contributed by atoms with E-state index in [1.165, 1.54) is 77.5 Å². The highest BCUT2D eigenvalue weighted by molar-refractivity contribution is 6.00. The standard InChI is InChI=1S/C55H41N/c1-55(2)51-28-16-27-48(47-26-15-14-25-46(47)40-19-8-4-9-20-40)54(51)49-34-33-45(37-52(49)55)56(44-31-29-39(30-32-44)38-17-6-3-7-18-38)53-36-43-24-13-12-23-42(43)35-50(53)41-21-10-5-11-22-41/h3-37H,1-2H3. The van der Waals surface area contributed by atoms with Crippen LogP contribution in [0, 0.1) is 0 Å². The van der Waals surface area contributed by atoms with Gasteiger partial charge in [0.25, 0.3) is 0 Å². The predicted octanol–water partition coefficient (Wildman–Crippen LogP) is 15.3. The van der Waals surface area contributed by atoms with Crippen molar-refractivity contribution in [3.63, 3.8) is 0 Å². The molecule has 9 aromatic carbocycles. The first-order valence-corrected chi connectivity index (χ1v) is 19.5. The van der Waals surface area contributed by atoms with E-state index in [1.54, 1.807) is 0 Å². The third kappa shape index (κ3) is 5.72. The maximum absolute atomic E-state index is 2.47. The molecule has 0 aliphatic heterocycles. The van der Waals surface area contributed by atoms with Gasteiger partial charge in [-0.15, -0.1) is 0 Å². The summed E-state index contributed by atoms with van der Waals surface area (Å²) in [5.74, 6) is 0. The SMILES string of the molecule is CC1(C)c2cc(N(c3ccc(-c4ccccc4)cc3)c3cc4ccccc4cc3-c3ccccc3)ccc2-c2c(-c3ccccc3-c3ccccc3)cccc21. The molecule has 1 aliphatic rings. The Hall–Kier alpha value is -6.96. The Bertz CT molecular complexity index is 2850. The molecule has 0 radical (unpaired) electrons. The van der Waals surface area contributed by atoms with Gasteiger partial charge >= 0.3 is 0 Å². The minimum atomic E-state index is -0.215. The van der Waals surface area contributed by atoms with Crippen LogP contribution in [0.1, 0.15) is 25.0 Å². The van der Waals surface area contributed by atoms with E-state index in [0.29, 0.717) is 0 Å². The van der Waals surface area contributed by atoms with Crippen molar-refractivity contribution in [2.75, 3.05) is 4.90 Å². The van der Waals surface area contributed by atoms with E-state index in [4.69, 9.17) is 0 Å². The first kappa shape index (κ1) is 33.6. The van der Waals surface area contributed by atoms with Gasteiger partial charge in [0, 0.05) is 22.4 Å². The highest BCUT2D eigenvalue weighted by atomic mass is 15.1. The highest BCUT2D eigenvalue weighted by Gasteiger charge is 2.38. The van der Waals surface area contributed by atoms with Crippen LogP contribution in [0.25, 0.3) is 66.4 Å². The molecule has 9 aromatic rings. The molecule has 0 saturated carbocycles. The highest BCUT2D eigenvalue weighted by Crippen LogP contribution is 2.55. The van der Waals surface area contributed by atoms with Crippen molar-refractivity contribution in [1.29, 1.82) is 0 Å². The van der Waals surface area contributed by atoms with Crippen molar-refractivity contribution >= 4 is 27.8 Å². The first-order valence-electron chi connectivity index (χ1n) is 19.5. The van der Waals surface area contributed by atoms with Crippen molar-refractivity contribution in [1.82, 2.24) is 0 Å². The molecule has 0 heterocycles. The Morgan fingerprint density at radius 3 is 1.52 bits per heavy atom. The van der Waals surface area contributed by atoms with E-state index >= 15 is 0 Å². The van der Waals surface area contributed by atoms with Crippen LogP contribution >= 0.6 is 0 Å². The fourth-order valence-corrected chi connectivity index (χ4v) is 8.85. The summed E-state index contributed by atoms with van der Waals surface area (Å²) in [6, 6.07) is 77.6. The van der Waals surface area contributed by atoms with Crippen LogP contribution in [-0.4, -0.2) is 0 Å². The van der Waals surface area contributed by atoms with Gasteiger partial charge in [0.2, 0.25) is 0 Å². The zero-order valence-corrected chi connectivity index (χ0v) is 31.7. The lowest BCUT2D eigenvalue weighted by atomic mass is 9.81. The first-order chi connectivity index (χ1) is 27.5. The summed E-state index contributed by atoms with van der Waals surface area (Å²) in [6.45, 7) is 4.78. The lowest BCUT2D eigenvalue weighted by Crippen LogP contribution is -2.17. The van der Waals surface area contributed by atoms with E-state index in [9.17, 15) is 0 Å². The van der Waals surface area contributed by atoms with E-state index in [-0.39, 0.29) is 5.41 Å². The van der Waals surface area contributed by atoms with Crippen LogP contribution < -0.4 is 4.90 Å². The van der Waals surface area contributed by atoms with Crippen molar-refractivity contribution in [2.45, 2.75) is 19.3 Å². The topological polar surface area (TPSA) is 3.24 Å². The summed E-state index contributed by atoms with van der Waals surface area (Å²) < 4.78 is 0. The largest absolute Gasteiger partial charge is 0.310 e. The minimum absolute atomic E-state index is 0.215. The smallest absolute Gasteiger partial charge is 0.0546 e. The molecule has 0 saturated heterocycles. The van der Waals surface area contributed by atoms with Crippen LogP contribution in [0.4, 0.5) is 17.1 Å². The molecule has 0 spiro atoms. The second-order valence-electron chi connectivity index (χ2n) is 15.3. The Labute approximate surface area is 329 Å². The molecule has 266 valence electrons. The average molecular weight is 716 g/mol. The Balaban J connectivity index is 1.18. The summed E-state index contributed by atoms with van der Waals surface area (Å²) in [4.78, 5) is 2.47. The summed E-state index contributed by atoms with van der Waals surface area (Å²) in [7, 11) is 0. The quantitative estimate of drug-likeness (QED) is 0.159. The molecule has 0 aromatic heterocycles. The zero-order valence-electron chi connectivity index (χ0n) is 31.7. The zero-order chi connectivity index (χ0) is 37.6. The number of nitrogens with zero attached hydrogens (tertiary/aromatic N) is 1. The van der Waals surface area contributed by atoms with Gasteiger partial charge in [0.15, 0.2) is 0 Å². The van der Waals surface area contributed by atoms with Crippen molar-refractivity contribution in [3.8, 4) is 55.6 Å². The van der Waals surface area contributed by atoms with Gasteiger partial charge < -0.3 is 4.90 Å². The number of hydrogen-bond acceptors (Lipinski definition) is 1. The average Bonchev–Trinajstić information content (AvgIpc) is 3.50. The molecule has 0 bridgehead atoms. The second kappa shape index (κ2) is 13.7. The number of anilines is 3. The third-order valence-electron chi connectivity index (χ3n) is 11.7. The fourth-order valence-electron chi connectivity index (χ4n) is 8.85. The van der Waals surface area contributed by atoms with Crippen LogP contribution in [0.2, 0.25) is 0 Å². The third-order valence-corrected chi connectivity index (χ3v) is 11.7. The molecule has 0 atom stereocenters. The van der Waals surface area contributed by atoms with Gasteiger partial charge in [-0.2, -0.15) is 0 Å². The number of benzene rings is 9. The maximum Gasteiger partial charge on any atom is 0.0546 e. The molecule has 0 fully saturated rings. The van der Waals surface area contributed by atoms with Crippen LogP contribution in [-0.2, 0) is 5.41 Å². The van der Waals surface area contributed by atoms with Gasteiger partial charge in [-0.1, -0.05) is 190 Å². The summed E-state index contributed by atoms with van der Waals surface area (Å²) >= 11 is 0. The summed E-state index contributed by atoms with van der Waals surface area (Å²) in [5, 5.41) is 2.44. The molecule has 1 heteroatoms. The van der Waals surface area contributed by atoms with Crippen molar-refractivity contribution in [2.24, 2.45) is 0 Å². The predicted molar refractivity (Wildman–Crippen MR) is 238 cm³/mol. The lowest BCUT2D eigenvalue weighted by molar-refractivity contribution is 0.660. The summed E-state index contributed by atoms with van der Waals surface area (Å²) in [6.07, 6.45) is 0. The van der Waals surface area contributed by atoms with Gasteiger partial charge in [0.1, 0.15) is 0 Å². The molecule has 1 aliphatic carbocycles. The second-order valence-corrected chi connectivity index (χ2v) is 15.3. The monoisotopic (exact) mass is 715 g/mol. The minimum Gasteiger partial charge on any atom is -0.310 e. The molecular formula is C55H41N. The van der Waals surface area contributed by atoms with Crippen molar-refractivity contribution in [3.05, 3.63) is 223 Å². The lowest BCUT2D eigenvalue weighted by Gasteiger charge is -2.30. The molecule has 0 unspecified atom stereocenters. The number of rotatable bonds is 7. The summed E-state index contributed by atoms with van der Waals surface area (Å²) in [5.41, 5.74) is 18.3. The van der Waals surface area contributed by atoms with Gasteiger partial charge in [-0.3, -0.25) is 0 Å². The van der Waals surface area contributed by atoms with Crippen molar-refractivity contribution < 1.29 is 0 Å². The number of hydrogen-bond donors (Lipinski definition) is 0. The van der Waals surface area contributed by atoms with Gasteiger partial charge in [0.05, 0.1) is 5.69 Å². The van der Waals surface area contributed by atoms with Crippen LogP contribution in [0.5, 0.6) is 0 Å². The van der Waals surface area contributed by atoms with Gasteiger partial charge in [-0.25, -0.2) is 0 Å². The fraction of sp³-hybridized carbons (Fsp3) is 0.0545. The molecule has 56 heavy (non-hydrogen) atoms. The van der Waals surface area contributed by atoms with Gasteiger partial charge in [-0.05, 0) is 108 Å². The van der Waals surface area contributed by atoms with E-state index in [1.807, 2.05) is 0 Å². The van der Waals surface area contributed by atoms with Crippen LogP contribution in [0.3, 0.4) is 0 Å². The van der Waals surface area contributed by atoms with E-state index in [2.05, 4.69) is 231 Å². The number of fused-ring (bicyclic) bond motifs is 4. The Morgan fingerprint density at radius 2 is 0.839 bits per heavy atom. The van der Waals surface area contributed by atoms with E-state index in [0.717, 1.165) is 17.1 Å². The molecular weight excluding hydrogens is 675 g/mol. The molecule has 1 nitrogen and oxygen atoms in total. The van der Waals surface area contributed by atoms with Crippen LogP contribution in [0.15, 0.2) is 212 Å². The molecule has 0 amide bonds. The normalized spacial score (nSPS) is 12.6. The molecule has 10 rings (SSSR count). The molecule has 0 N–H and O–H groups in total.